The third-order valence-electron chi connectivity index (χ3n) is 3.74. The predicted molar refractivity (Wildman–Crippen MR) is 95.0 cm³/mol. The van der Waals surface area contributed by atoms with Crippen molar-refractivity contribution in [2.45, 2.75) is 13.1 Å². The first-order valence-electron chi connectivity index (χ1n) is 8.01. The maximum atomic E-state index is 13.1. The summed E-state index contributed by atoms with van der Waals surface area (Å²) in [5, 5.41) is 9.04. The summed E-state index contributed by atoms with van der Waals surface area (Å²) >= 11 is 1.10. The van der Waals surface area contributed by atoms with Gasteiger partial charge < -0.3 is 10.6 Å². The van der Waals surface area contributed by atoms with Crippen molar-refractivity contribution in [1.82, 2.24) is 20.4 Å². The molecule has 0 spiro atoms. The zero-order valence-corrected chi connectivity index (χ0v) is 15.2. The second kappa shape index (κ2) is 7.58. The van der Waals surface area contributed by atoms with E-state index in [0.717, 1.165) is 11.3 Å². The minimum absolute atomic E-state index is 0.273. The number of carbonyl (C=O) groups is 2. The number of amides is 2. The summed E-state index contributed by atoms with van der Waals surface area (Å²) in [6.07, 6.45) is -4.52. The molecule has 0 aliphatic rings. The average molecular weight is 414 g/mol. The predicted octanol–water partition coefficient (Wildman–Crippen LogP) is 2.94. The second-order valence-electron chi connectivity index (χ2n) is 5.88. The third kappa shape index (κ3) is 4.47. The van der Waals surface area contributed by atoms with Crippen LogP contribution in [0.15, 0.2) is 30.3 Å². The zero-order valence-electron chi connectivity index (χ0n) is 14.4. The van der Waals surface area contributed by atoms with E-state index in [9.17, 15) is 27.2 Å². The van der Waals surface area contributed by atoms with Gasteiger partial charge in [0.05, 0.1) is 22.8 Å². The van der Waals surface area contributed by atoms with Gasteiger partial charge in [-0.3, -0.25) is 9.59 Å². The fourth-order valence-corrected chi connectivity index (χ4v) is 3.52. The number of thiophene rings is 1. The molecular formula is C17H14F4N4O2S. The normalized spacial score (nSPS) is 11.6. The molecule has 0 saturated carbocycles. The summed E-state index contributed by atoms with van der Waals surface area (Å²) < 4.78 is 50.9. The molecule has 0 fully saturated rings. The van der Waals surface area contributed by atoms with Gasteiger partial charge in [-0.25, -0.2) is 9.07 Å². The van der Waals surface area contributed by atoms with E-state index in [1.165, 1.54) is 12.1 Å². The number of nitrogens with zero attached hydrogens (tertiary/aromatic N) is 2. The van der Waals surface area contributed by atoms with Crippen LogP contribution in [-0.2, 0) is 4.79 Å². The topological polar surface area (TPSA) is 76.0 Å². The molecule has 2 amide bonds. The number of aromatic nitrogens is 2. The molecule has 2 N–H and O–H groups in total. The number of benzene rings is 1. The van der Waals surface area contributed by atoms with Crippen molar-refractivity contribution >= 4 is 33.4 Å². The second-order valence-corrected chi connectivity index (χ2v) is 6.91. The summed E-state index contributed by atoms with van der Waals surface area (Å²) in [4.78, 5) is 24.6. The highest BCUT2D eigenvalue weighted by Crippen LogP contribution is 2.30. The molecule has 0 aliphatic heterocycles. The molecule has 0 radical (unpaired) electrons. The van der Waals surface area contributed by atoms with Crippen LogP contribution in [0.4, 0.5) is 17.6 Å². The van der Waals surface area contributed by atoms with Crippen molar-refractivity contribution in [2.75, 3.05) is 13.1 Å². The molecule has 0 saturated heterocycles. The summed E-state index contributed by atoms with van der Waals surface area (Å²) in [7, 11) is 0. The van der Waals surface area contributed by atoms with Gasteiger partial charge >= 0.3 is 6.18 Å². The Morgan fingerprint density at radius 1 is 1.18 bits per heavy atom. The summed E-state index contributed by atoms with van der Waals surface area (Å²) in [6.45, 7) is -0.287. The van der Waals surface area contributed by atoms with Crippen LogP contribution in [0.25, 0.3) is 15.9 Å². The fourth-order valence-electron chi connectivity index (χ4n) is 2.43. The molecule has 0 unspecified atom stereocenters. The van der Waals surface area contributed by atoms with Crippen LogP contribution < -0.4 is 10.6 Å². The Morgan fingerprint density at radius 2 is 1.86 bits per heavy atom. The minimum Gasteiger partial charge on any atom is -0.345 e. The SMILES string of the molecule is Cc1nn(-c2ccc(F)cc2)c2sc(C(=O)NCC(=O)NCC(F)(F)F)cc12. The number of nitrogens with one attached hydrogen (secondary N) is 2. The largest absolute Gasteiger partial charge is 0.405 e. The maximum Gasteiger partial charge on any atom is 0.405 e. The van der Waals surface area contributed by atoms with Gasteiger partial charge in [0.15, 0.2) is 0 Å². The first-order valence-corrected chi connectivity index (χ1v) is 8.82. The van der Waals surface area contributed by atoms with Crippen molar-refractivity contribution < 1.29 is 27.2 Å². The van der Waals surface area contributed by atoms with Crippen molar-refractivity contribution in [2.24, 2.45) is 0 Å². The van der Waals surface area contributed by atoms with Gasteiger partial charge in [-0.2, -0.15) is 18.3 Å². The summed E-state index contributed by atoms with van der Waals surface area (Å²) in [5.41, 5.74) is 1.26. The van der Waals surface area contributed by atoms with Crippen molar-refractivity contribution in [3.8, 4) is 5.69 Å². The number of alkyl halides is 3. The molecular weight excluding hydrogens is 400 g/mol. The van der Waals surface area contributed by atoms with Gasteiger partial charge in [0.25, 0.3) is 5.91 Å². The highest BCUT2D eigenvalue weighted by atomic mass is 32.1. The Kier molecular flexibility index (Phi) is 5.36. The fraction of sp³-hybridized carbons (Fsp3) is 0.235. The molecule has 2 heterocycles. The smallest absolute Gasteiger partial charge is 0.345 e. The highest BCUT2D eigenvalue weighted by molar-refractivity contribution is 7.20. The molecule has 0 atom stereocenters. The van der Waals surface area contributed by atoms with Crippen LogP contribution >= 0.6 is 11.3 Å². The lowest BCUT2D eigenvalue weighted by Crippen LogP contribution is -2.40. The van der Waals surface area contributed by atoms with Crippen molar-refractivity contribution in [3.05, 3.63) is 46.7 Å². The maximum absolute atomic E-state index is 13.1. The van der Waals surface area contributed by atoms with Crippen LogP contribution in [0.5, 0.6) is 0 Å². The molecule has 1 aromatic carbocycles. The van der Waals surface area contributed by atoms with Gasteiger partial charge in [0.1, 0.15) is 17.2 Å². The van der Waals surface area contributed by atoms with Gasteiger partial charge in [-0.1, -0.05) is 0 Å². The van der Waals surface area contributed by atoms with Gasteiger partial charge in [0, 0.05) is 5.39 Å². The first-order chi connectivity index (χ1) is 13.1. The lowest BCUT2D eigenvalue weighted by molar-refractivity contribution is -0.137. The van der Waals surface area contributed by atoms with E-state index in [4.69, 9.17) is 0 Å². The lowest BCUT2D eigenvalue weighted by atomic mass is 10.3. The molecule has 3 aromatic rings. The minimum atomic E-state index is -4.52. The molecule has 3 rings (SSSR count). The van der Waals surface area contributed by atoms with Crippen LogP contribution in [0.1, 0.15) is 15.4 Å². The van der Waals surface area contributed by atoms with E-state index in [1.54, 1.807) is 35.1 Å². The van der Waals surface area contributed by atoms with E-state index in [1.807, 2.05) is 0 Å². The van der Waals surface area contributed by atoms with Crippen molar-refractivity contribution in [3.63, 3.8) is 0 Å². The van der Waals surface area contributed by atoms with E-state index < -0.39 is 31.1 Å². The monoisotopic (exact) mass is 414 g/mol. The summed E-state index contributed by atoms with van der Waals surface area (Å²) in [5.74, 6) is -1.92. The third-order valence-corrected chi connectivity index (χ3v) is 4.84. The standard InChI is InChI=1S/C17H14F4N4O2S/c1-9-12-6-13(15(27)22-7-14(26)23-8-17(19,20)21)28-16(12)25(24-9)11-4-2-10(18)3-5-11/h2-6H,7-8H2,1H3,(H,22,27)(H,23,26). The number of carbonyl (C=O) groups excluding carboxylic acids is 2. The Hall–Kier alpha value is -2.95. The Morgan fingerprint density at radius 3 is 2.50 bits per heavy atom. The Labute approximate surface area is 160 Å². The first kappa shape index (κ1) is 19.8. The Bertz CT molecular complexity index is 1020. The number of halogens is 4. The number of hydrogen-bond donors (Lipinski definition) is 2. The van der Waals surface area contributed by atoms with Gasteiger partial charge in [-0.15, -0.1) is 11.3 Å². The average Bonchev–Trinajstić information content (AvgIpc) is 3.19. The number of rotatable bonds is 5. The van der Waals surface area contributed by atoms with E-state index in [2.05, 4.69) is 10.4 Å². The lowest BCUT2D eigenvalue weighted by Gasteiger charge is -2.08. The highest BCUT2D eigenvalue weighted by Gasteiger charge is 2.27. The number of hydrogen-bond acceptors (Lipinski definition) is 4. The van der Waals surface area contributed by atoms with Crippen LogP contribution in [0.3, 0.4) is 0 Å². The summed E-state index contributed by atoms with van der Waals surface area (Å²) in [6, 6.07) is 7.26. The molecule has 28 heavy (non-hydrogen) atoms. The molecule has 6 nitrogen and oxygen atoms in total. The molecule has 0 aliphatic carbocycles. The van der Waals surface area contributed by atoms with Gasteiger partial charge in [0.2, 0.25) is 5.91 Å². The molecule has 0 bridgehead atoms. The van der Waals surface area contributed by atoms with Crippen LogP contribution in [0.2, 0.25) is 0 Å². The van der Waals surface area contributed by atoms with E-state index in [0.29, 0.717) is 21.6 Å². The molecule has 2 aromatic heterocycles. The van der Waals surface area contributed by atoms with Gasteiger partial charge in [-0.05, 0) is 37.3 Å². The van der Waals surface area contributed by atoms with Crippen LogP contribution in [-0.4, -0.2) is 40.9 Å². The zero-order chi connectivity index (χ0) is 20.5. The Balaban J connectivity index is 1.73. The molecule has 148 valence electrons. The van der Waals surface area contributed by atoms with Crippen molar-refractivity contribution in [1.29, 1.82) is 0 Å². The van der Waals surface area contributed by atoms with Crippen LogP contribution in [0, 0.1) is 12.7 Å². The number of fused-ring (bicyclic) bond motifs is 1. The molecule has 11 heteroatoms. The van der Waals surface area contributed by atoms with E-state index in [-0.39, 0.29) is 10.7 Å². The van der Waals surface area contributed by atoms with E-state index >= 15 is 0 Å². The quantitative estimate of drug-likeness (QED) is 0.631. The number of aryl methyl sites for hydroxylation is 1.